The number of methoxy groups -OCH3 is 2. The summed E-state index contributed by atoms with van der Waals surface area (Å²) >= 11 is 0. The summed E-state index contributed by atoms with van der Waals surface area (Å²) in [5.74, 6) is 1.16. The van der Waals surface area contributed by atoms with Crippen molar-refractivity contribution in [3.8, 4) is 11.5 Å². The summed E-state index contributed by atoms with van der Waals surface area (Å²) in [6, 6.07) is 12.5. The van der Waals surface area contributed by atoms with Gasteiger partial charge in [0, 0.05) is 29.8 Å². The smallest absolute Gasteiger partial charge is 0.251 e. The molecule has 136 valence electrons. The second kappa shape index (κ2) is 7.91. The molecule has 3 rings (SSSR count). The first-order valence-electron chi connectivity index (χ1n) is 8.50. The highest BCUT2D eigenvalue weighted by atomic mass is 16.5. The van der Waals surface area contributed by atoms with Gasteiger partial charge in [0.05, 0.1) is 14.2 Å². The van der Waals surface area contributed by atoms with Gasteiger partial charge in [0.2, 0.25) is 5.91 Å². The summed E-state index contributed by atoms with van der Waals surface area (Å²) in [7, 11) is 3.08. The monoisotopic (exact) mass is 354 g/mol. The van der Waals surface area contributed by atoms with E-state index >= 15 is 0 Å². The van der Waals surface area contributed by atoms with E-state index in [0.717, 1.165) is 24.1 Å². The fourth-order valence-corrected chi connectivity index (χ4v) is 2.52. The Morgan fingerprint density at radius 2 is 1.62 bits per heavy atom. The third kappa shape index (κ3) is 4.53. The van der Waals surface area contributed by atoms with Gasteiger partial charge in [-0.2, -0.15) is 0 Å². The molecule has 2 N–H and O–H groups in total. The molecule has 0 heterocycles. The zero-order valence-corrected chi connectivity index (χ0v) is 14.9. The van der Waals surface area contributed by atoms with Gasteiger partial charge in [-0.25, -0.2) is 0 Å². The Labute approximate surface area is 152 Å². The molecule has 6 nitrogen and oxygen atoms in total. The van der Waals surface area contributed by atoms with E-state index in [-0.39, 0.29) is 17.7 Å². The van der Waals surface area contributed by atoms with Gasteiger partial charge < -0.3 is 20.1 Å². The lowest BCUT2D eigenvalue weighted by molar-refractivity contribution is -0.117. The Hall–Kier alpha value is -3.02. The van der Waals surface area contributed by atoms with E-state index in [1.165, 1.54) is 0 Å². The van der Waals surface area contributed by atoms with Crippen LogP contribution in [-0.2, 0) is 11.3 Å². The van der Waals surface area contributed by atoms with Crippen LogP contribution < -0.4 is 20.1 Å². The van der Waals surface area contributed by atoms with Crippen LogP contribution in [0.5, 0.6) is 11.5 Å². The Morgan fingerprint density at radius 3 is 2.15 bits per heavy atom. The molecular weight excluding hydrogens is 332 g/mol. The Balaban J connectivity index is 1.58. The summed E-state index contributed by atoms with van der Waals surface area (Å²) < 4.78 is 10.4. The molecule has 0 spiro atoms. The molecule has 0 unspecified atom stereocenters. The number of carbonyl (C=O) groups is 2. The fourth-order valence-electron chi connectivity index (χ4n) is 2.52. The van der Waals surface area contributed by atoms with Crippen molar-refractivity contribution in [1.29, 1.82) is 0 Å². The van der Waals surface area contributed by atoms with Crippen molar-refractivity contribution in [1.82, 2.24) is 5.32 Å². The molecule has 1 aliphatic carbocycles. The van der Waals surface area contributed by atoms with E-state index < -0.39 is 0 Å². The summed E-state index contributed by atoms with van der Waals surface area (Å²) in [5, 5.41) is 5.76. The van der Waals surface area contributed by atoms with Gasteiger partial charge >= 0.3 is 0 Å². The quantitative estimate of drug-likeness (QED) is 0.801. The molecule has 1 aliphatic rings. The summed E-state index contributed by atoms with van der Waals surface area (Å²) in [6.07, 6.45) is 1.95. The molecule has 0 atom stereocenters. The van der Waals surface area contributed by atoms with E-state index in [4.69, 9.17) is 9.47 Å². The minimum Gasteiger partial charge on any atom is -0.497 e. The van der Waals surface area contributed by atoms with Gasteiger partial charge in [0.25, 0.3) is 5.91 Å². The minimum absolute atomic E-state index is 0.0815. The molecule has 26 heavy (non-hydrogen) atoms. The van der Waals surface area contributed by atoms with Gasteiger partial charge in [-0.15, -0.1) is 0 Å². The number of hydrogen-bond acceptors (Lipinski definition) is 4. The summed E-state index contributed by atoms with van der Waals surface area (Å²) in [4.78, 5) is 24.1. The van der Waals surface area contributed by atoms with Crippen molar-refractivity contribution in [2.45, 2.75) is 19.4 Å². The van der Waals surface area contributed by atoms with Crippen molar-refractivity contribution < 1.29 is 19.1 Å². The van der Waals surface area contributed by atoms with Crippen LogP contribution in [0.3, 0.4) is 0 Å². The van der Waals surface area contributed by atoms with Gasteiger partial charge in [0.1, 0.15) is 11.5 Å². The molecule has 0 radical (unpaired) electrons. The zero-order chi connectivity index (χ0) is 18.5. The normalized spacial score (nSPS) is 13.0. The topological polar surface area (TPSA) is 76.7 Å². The number of benzene rings is 2. The van der Waals surface area contributed by atoms with Gasteiger partial charge in [-0.3, -0.25) is 9.59 Å². The molecule has 6 heteroatoms. The molecule has 0 aromatic heterocycles. The third-order valence-electron chi connectivity index (χ3n) is 4.24. The molecule has 1 fully saturated rings. The van der Waals surface area contributed by atoms with Gasteiger partial charge in [0.15, 0.2) is 0 Å². The number of ether oxygens (including phenoxy) is 2. The minimum atomic E-state index is -0.215. The van der Waals surface area contributed by atoms with E-state index in [1.807, 2.05) is 24.3 Å². The first-order valence-corrected chi connectivity index (χ1v) is 8.50. The van der Waals surface area contributed by atoms with Gasteiger partial charge in [-0.1, -0.05) is 12.1 Å². The van der Waals surface area contributed by atoms with Crippen molar-refractivity contribution in [3.05, 3.63) is 53.6 Å². The molecule has 1 saturated carbocycles. The Morgan fingerprint density at radius 1 is 1.00 bits per heavy atom. The molecule has 0 bridgehead atoms. The number of amides is 2. The number of nitrogens with one attached hydrogen (secondary N) is 2. The van der Waals surface area contributed by atoms with Crippen LogP contribution in [-0.4, -0.2) is 26.0 Å². The first kappa shape index (κ1) is 17.8. The van der Waals surface area contributed by atoms with Crippen LogP contribution in [0, 0.1) is 5.92 Å². The number of anilines is 1. The lowest BCUT2D eigenvalue weighted by Gasteiger charge is -2.10. The number of hydrogen-bond donors (Lipinski definition) is 2. The van der Waals surface area contributed by atoms with Crippen molar-refractivity contribution in [3.63, 3.8) is 0 Å². The largest absolute Gasteiger partial charge is 0.497 e. The SMILES string of the molecule is COc1cc(OC)cc(C(=O)NCc2ccc(NC(=O)C3CC3)cc2)c1. The molecule has 0 aliphatic heterocycles. The highest BCUT2D eigenvalue weighted by Crippen LogP contribution is 2.30. The van der Waals surface area contributed by atoms with Crippen molar-refractivity contribution >= 4 is 17.5 Å². The van der Waals surface area contributed by atoms with Crippen molar-refractivity contribution in [2.75, 3.05) is 19.5 Å². The van der Waals surface area contributed by atoms with E-state index in [2.05, 4.69) is 10.6 Å². The predicted molar refractivity (Wildman–Crippen MR) is 98.5 cm³/mol. The lowest BCUT2D eigenvalue weighted by atomic mass is 10.1. The molecule has 2 amide bonds. The van der Waals surface area contributed by atoms with Crippen LogP contribution in [0.4, 0.5) is 5.69 Å². The highest BCUT2D eigenvalue weighted by Gasteiger charge is 2.29. The number of carbonyl (C=O) groups excluding carboxylic acids is 2. The molecule has 2 aromatic carbocycles. The number of rotatable bonds is 7. The maximum atomic E-state index is 12.4. The van der Waals surface area contributed by atoms with Crippen molar-refractivity contribution in [2.24, 2.45) is 5.92 Å². The van der Waals surface area contributed by atoms with Crippen LogP contribution in [0.1, 0.15) is 28.8 Å². The predicted octanol–water partition coefficient (Wildman–Crippen LogP) is 2.98. The van der Waals surface area contributed by atoms with Crippen LogP contribution in [0.25, 0.3) is 0 Å². The molecular formula is C20H22N2O4. The zero-order valence-electron chi connectivity index (χ0n) is 14.9. The average molecular weight is 354 g/mol. The van der Waals surface area contributed by atoms with Crippen LogP contribution in [0.15, 0.2) is 42.5 Å². The second-order valence-electron chi connectivity index (χ2n) is 6.24. The van der Waals surface area contributed by atoms with Crippen LogP contribution >= 0.6 is 0 Å². The first-order chi connectivity index (χ1) is 12.6. The van der Waals surface area contributed by atoms with E-state index in [1.54, 1.807) is 32.4 Å². The summed E-state index contributed by atoms with van der Waals surface area (Å²) in [6.45, 7) is 0.384. The molecule has 0 saturated heterocycles. The standard InChI is InChI=1S/C20H22N2O4/c1-25-17-9-15(10-18(11-17)26-2)19(23)21-12-13-3-7-16(8-4-13)22-20(24)14-5-6-14/h3-4,7-11,14H,5-6,12H2,1-2H3,(H,21,23)(H,22,24). The van der Waals surface area contributed by atoms with Crippen LogP contribution in [0.2, 0.25) is 0 Å². The van der Waals surface area contributed by atoms with E-state index in [9.17, 15) is 9.59 Å². The average Bonchev–Trinajstić information content (AvgIpc) is 3.52. The van der Waals surface area contributed by atoms with Gasteiger partial charge in [-0.05, 0) is 42.7 Å². The maximum Gasteiger partial charge on any atom is 0.251 e. The molecule has 2 aromatic rings. The van der Waals surface area contributed by atoms with E-state index in [0.29, 0.717) is 23.6 Å². The Bertz CT molecular complexity index is 776. The second-order valence-corrected chi connectivity index (χ2v) is 6.24. The highest BCUT2D eigenvalue weighted by molar-refractivity contribution is 5.95. The third-order valence-corrected chi connectivity index (χ3v) is 4.24. The Kier molecular flexibility index (Phi) is 5.41. The summed E-state index contributed by atoms with van der Waals surface area (Å²) in [5.41, 5.74) is 2.18. The fraction of sp³-hybridized carbons (Fsp3) is 0.300. The lowest BCUT2D eigenvalue weighted by Crippen LogP contribution is -2.22. The maximum absolute atomic E-state index is 12.4.